The molecule has 2 aliphatic heterocycles. The van der Waals surface area contributed by atoms with Gasteiger partial charge in [-0.1, -0.05) is 0 Å². The van der Waals surface area contributed by atoms with Crippen LogP contribution in [0.1, 0.15) is 0 Å². The Hall–Kier alpha value is -2.43. The van der Waals surface area contributed by atoms with Crippen LogP contribution in [0.5, 0.6) is 5.75 Å². The highest BCUT2D eigenvalue weighted by Gasteiger charge is 2.29. The van der Waals surface area contributed by atoms with E-state index in [4.69, 9.17) is 9.47 Å². The lowest BCUT2D eigenvalue weighted by Gasteiger charge is -2.34. The van der Waals surface area contributed by atoms with Crippen LogP contribution >= 0.6 is 0 Å². The molecule has 156 valence electrons. The van der Waals surface area contributed by atoms with E-state index in [0.717, 1.165) is 24.7 Å². The van der Waals surface area contributed by atoms with E-state index in [9.17, 15) is 8.42 Å². The SMILES string of the molecule is COc1ccc(S(=O)(=O)N2CCN(c3ccc(N4CCOCC4)nn3)CC2)cc1. The third-order valence-electron chi connectivity index (χ3n) is 5.23. The Labute approximate surface area is 170 Å². The number of piperazine rings is 1. The average molecular weight is 420 g/mol. The summed E-state index contributed by atoms with van der Waals surface area (Å²) in [6, 6.07) is 10.4. The Kier molecular flexibility index (Phi) is 5.84. The fourth-order valence-electron chi connectivity index (χ4n) is 3.50. The first kappa shape index (κ1) is 19.9. The van der Waals surface area contributed by atoms with Crippen molar-refractivity contribution in [3.05, 3.63) is 36.4 Å². The number of anilines is 2. The van der Waals surface area contributed by atoms with E-state index in [1.165, 1.54) is 4.31 Å². The molecule has 0 N–H and O–H groups in total. The summed E-state index contributed by atoms with van der Waals surface area (Å²) in [5.41, 5.74) is 0. The van der Waals surface area contributed by atoms with Crippen LogP contribution in [0, 0.1) is 0 Å². The number of ether oxygens (including phenoxy) is 2. The number of nitrogens with zero attached hydrogens (tertiary/aromatic N) is 5. The van der Waals surface area contributed by atoms with Crippen LogP contribution in [-0.2, 0) is 14.8 Å². The first-order chi connectivity index (χ1) is 14.1. The van der Waals surface area contributed by atoms with E-state index < -0.39 is 10.0 Å². The maximum atomic E-state index is 12.9. The Morgan fingerprint density at radius 3 is 1.90 bits per heavy atom. The zero-order valence-electron chi connectivity index (χ0n) is 16.4. The molecule has 0 spiro atoms. The van der Waals surface area contributed by atoms with E-state index in [1.54, 1.807) is 31.4 Å². The monoisotopic (exact) mass is 419 g/mol. The zero-order valence-corrected chi connectivity index (χ0v) is 17.2. The van der Waals surface area contributed by atoms with Crippen molar-refractivity contribution in [2.75, 3.05) is 69.4 Å². The van der Waals surface area contributed by atoms with Crippen LogP contribution in [-0.4, -0.2) is 82.5 Å². The molecule has 2 aliphatic rings. The van der Waals surface area contributed by atoms with Crippen LogP contribution in [0.25, 0.3) is 0 Å². The highest BCUT2D eigenvalue weighted by atomic mass is 32.2. The van der Waals surface area contributed by atoms with E-state index >= 15 is 0 Å². The number of aromatic nitrogens is 2. The summed E-state index contributed by atoms with van der Waals surface area (Å²) >= 11 is 0. The van der Waals surface area contributed by atoms with Gasteiger partial charge in [0.25, 0.3) is 0 Å². The van der Waals surface area contributed by atoms with Crippen molar-refractivity contribution in [3.8, 4) is 5.75 Å². The van der Waals surface area contributed by atoms with E-state index in [1.807, 2.05) is 12.1 Å². The standard InChI is InChI=1S/C19H25N5O4S/c1-27-16-2-4-17(5-3-16)29(25,26)24-10-8-22(9-11-24)18-6-7-19(21-20-18)23-12-14-28-15-13-23/h2-7H,8-15H2,1H3. The Morgan fingerprint density at radius 1 is 0.828 bits per heavy atom. The summed E-state index contributed by atoms with van der Waals surface area (Å²) in [5, 5.41) is 8.70. The molecule has 0 atom stereocenters. The van der Waals surface area contributed by atoms with Gasteiger partial charge in [-0.2, -0.15) is 4.31 Å². The summed E-state index contributed by atoms with van der Waals surface area (Å²) in [7, 11) is -1.96. The molecule has 3 heterocycles. The van der Waals surface area contributed by atoms with Crippen LogP contribution in [0.4, 0.5) is 11.6 Å². The van der Waals surface area contributed by atoms with Gasteiger partial charge in [0.1, 0.15) is 5.75 Å². The van der Waals surface area contributed by atoms with Crippen molar-refractivity contribution in [2.24, 2.45) is 0 Å². The molecule has 0 saturated carbocycles. The first-order valence-electron chi connectivity index (χ1n) is 9.63. The molecule has 9 nitrogen and oxygen atoms in total. The minimum absolute atomic E-state index is 0.279. The second-order valence-corrected chi connectivity index (χ2v) is 8.85. The molecule has 2 fully saturated rings. The molecule has 2 saturated heterocycles. The summed E-state index contributed by atoms with van der Waals surface area (Å²) in [4.78, 5) is 4.50. The number of hydrogen-bond donors (Lipinski definition) is 0. The minimum atomic E-state index is -3.52. The third-order valence-corrected chi connectivity index (χ3v) is 7.14. The lowest BCUT2D eigenvalue weighted by Crippen LogP contribution is -2.49. The van der Waals surface area contributed by atoms with Gasteiger partial charge in [0, 0.05) is 39.3 Å². The van der Waals surface area contributed by atoms with Gasteiger partial charge in [-0.3, -0.25) is 0 Å². The lowest BCUT2D eigenvalue weighted by molar-refractivity contribution is 0.122. The smallest absolute Gasteiger partial charge is 0.243 e. The highest BCUT2D eigenvalue weighted by molar-refractivity contribution is 7.89. The van der Waals surface area contributed by atoms with Crippen molar-refractivity contribution >= 4 is 21.7 Å². The molecule has 0 aliphatic carbocycles. The Bertz CT molecular complexity index is 907. The quantitative estimate of drug-likeness (QED) is 0.704. The highest BCUT2D eigenvalue weighted by Crippen LogP contribution is 2.22. The Morgan fingerprint density at radius 2 is 1.38 bits per heavy atom. The maximum Gasteiger partial charge on any atom is 0.243 e. The summed E-state index contributed by atoms with van der Waals surface area (Å²) < 4.78 is 37.7. The van der Waals surface area contributed by atoms with Gasteiger partial charge in [-0.15, -0.1) is 10.2 Å². The summed E-state index contributed by atoms with van der Waals surface area (Å²) in [6.45, 7) is 4.98. The molecule has 1 aromatic heterocycles. The molecule has 0 unspecified atom stereocenters. The van der Waals surface area contributed by atoms with Crippen molar-refractivity contribution in [2.45, 2.75) is 4.90 Å². The van der Waals surface area contributed by atoms with E-state index in [2.05, 4.69) is 20.0 Å². The molecule has 29 heavy (non-hydrogen) atoms. The van der Waals surface area contributed by atoms with Crippen molar-refractivity contribution in [3.63, 3.8) is 0 Å². The van der Waals surface area contributed by atoms with Gasteiger partial charge in [0.05, 0.1) is 25.2 Å². The number of rotatable bonds is 5. The predicted octanol–water partition coefficient (Wildman–Crippen LogP) is 0.833. The fourth-order valence-corrected chi connectivity index (χ4v) is 4.92. The molecule has 2 aromatic rings. The van der Waals surface area contributed by atoms with Crippen molar-refractivity contribution < 1.29 is 17.9 Å². The fraction of sp³-hybridized carbons (Fsp3) is 0.474. The lowest BCUT2D eigenvalue weighted by atomic mass is 10.3. The summed E-state index contributed by atoms with van der Waals surface area (Å²) in [5.74, 6) is 2.24. The predicted molar refractivity (Wildman–Crippen MR) is 109 cm³/mol. The second kappa shape index (κ2) is 8.52. The van der Waals surface area contributed by atoms with Crippen molar-refractivity contribution in [1.29, 1.82) is 0 Å². The Balaban J connectivity index is 1.38. The maximum absolute atomic E-state index is 12.9. The number of hydrogen-bond acceptors (Lipinski definition) is 8. The molecule has 0 radical (unpaired) electrons. The number of morpholine rings is 1. The van der Waals surface area contributed by atoms with Gasteiger partial charge in [-0.05, 0) is 36.4 Å². The molecular weight excluding hydrogens is 394 g/mol. The van der Waals surface area contributed by atoms with Gasteiger partial charge in [-0.25, -0.2) is 8.42 Å². The van der Waals surface area contributed by atoms with Gasteiger partial charge >= 0.3 is 0 Å². The van der Waals surface area contributed by atoms with E-state index in [-0.39, 0.29) is 4.90 Å². The van der Waals surface area contributed by atoms with Crippen LogP contribution in [0.15, 0.2) is 41.3 Å². The molecule has 1 aromatic carbocycles. The number of benzene rings is 1. The largest absolute Gasteiger partial charge is 0.497 e. The topological polar surface area (TPSA) is 88.1 Å². The number of methoxy groups -OCH3 is 1. The van der Waals surface area contributed by atoms with E-state index in [0.29, 0.717) is 45.1 Å². The van der Waals surface area contributed by atoms with Crippen LogP contribution in [0.2, 0.25) is 0 Å². The minimum Gasteiger partial charge on any atom is -0.497 e. The van der Waals surface area contributed by atoms with Gasteiger partial charge in [0.15, 0.2) is 11.6 Å². The summed E-state index contributed by atoms with van der Waals surface area (Å²) in [6.07, 6.45) is 0. The molecular formula is C19H25N5O4S. The second-order valence-electron chi connectivity index (χ2n) is 6.92. The van der Waals surface area contributed by atoms with Gasteiger partial charge < -0.3 is 19.3 Å². The van der Waals surface area contributed by atoms with Gasteiger partial charge in [0.2, 0.25) is 10.0 Å². The van der Waals surface area contributed by atoms with Crippen molar-refractivity contribution in [1.82, 2.24) is 14.5 Å². The third kappa shape index (κ3) is 4.29. The molecule has 0 amide bonds. The average Bonchev–Trinajstić information content (AvgIpc) is 2.80. The molecule has 10 heteroatoms. The normalized spacial score (nSPS) is 18.7. The number of sulfonamides is 1. The van der Waals surface area contributed by atoms with Crippen LogP contribution < -0.4 is 14.5 Å². The zero-order chi connectivity index (χ0) is 20.3. The molecule has 4 rings (SSSR count). The first-order valence-corrected chi connectivity index (χ1v) is 11.1. The molecule has 0 bridgehead atoms. The van der Waals surface area contributed by atoms with Crippen LogP contribution in [0.3, 0.4) is 0 Å².